The molecule has 0 bridgehead atoms. The molecule has 21 heavy (non-hydrogen) atoms. The maximum atomic E-state index is 13.4. The number of primary amides is 1. The molecule has 2 amide bonds. The lowest BCUT2D eigenvalue weighted by molar-refractivity contribution is -1.00. The van der Waals surface area contributed by atoms with Crippen molar-refractivity contribution in [3.05, 3.63) is 30.1 Å². The van der Waals surface area contributed by atoms with Crippen molar-refractivity contribution in [2.75, 3.05) is 44.6 Å². The number of piperazine rings is 1. The van der Waals surface area contributed by atoms with Crippen LogP contribution in [0.25, 0.3) is 0 Å². The second-order valence-electron chi connectivity index (χ2n) is 5.35. The van der Waals surface area contributed by atoms with Crippen LogP contribution in [0.4, 0.5) is 10.1 Å². The third-order valence-corrected chi connectivity index (χ3v) is 3.65. The van der Waals surface area contributed by atoms with E-state index in [0.717, 1.165) is 36.0 Å². The zero-order valence-electron chi connectivity index (χ0n) is 11.8. The minimum absolute atomic E-state index is 0.201. The van der Waals surface area contributed by atoms with E-state index in [4.69, 9.17) is 5.73 Å². The number of rotatable bonds is 5. The highest BCUT2D eigenvalue weighted by Gasteiger charge is 2.25. The van der Waals surface area contributed by atoms with Gasteiger partial charge in [-0.25, -0.2) is 4.39 Å². The molecule has 1 aliphatic rings. The summed E-state index contributed by atoms with van der Waals surface area (Å²) in [5, 5.41) is 2.59. The van der Waals surface area contributed by atoms with Crippen molar-refractivity contribution in [1.82, 2.24) is 0 Å². The van der Waals surface area contributed by atoms with E-state index in [1.807, 2.05) is 0 Å². The Kier molecular flexibility index (Phi) is 5.24. The summed E-state index contributed by atoms with van der Waals surface area (Å²) in [7, 11) is 0. The molecule has 1 aromatic carbocycles. The van der Waals surface area contributed by atoms with Crippen LogP contribution in [-0.4, -0.2) is 51.1 Å². The monoisotopic (exact) mass is 296 g/mol. The lowest BCUT2D eigenvalue weighted by Gasteiger charge is -2.28. The largest absolute Gasteiger partial charge is 0.365 e. The van der Waals surface area contributed by atoms with Crippen molar-refractivity contribution in [2.45, 2.75) is 0 Å². The molecule has 2 rings (SSSR count). The molecule has 1 fully saturated rings. The molecule has 0 atom stereocenters. The van der Waals surface area contributed by atoms with Crippen molar-refractivity contribution in [2.24, 2.45) is 5.73 Å². The SMILES string of the molecule is NC(=O)C[NH+]1CC[NH+](CC(=O)Nc2ccccc2F)CC1. The van der Waals surface area contributed by atoms with Crippen LogP contribution in [0, 0.1) is 5.82 Å². The molecule has 0 aliphatic carbocycles. The Hall–Kier alpha value is -1.99. The first-order chi connectivity index (χ1) is 10.0. The smallest absolute Gasteiger partial charge is 0.279 e. The average molecular weight is 296 g/mol. The van der Waals surface area contributed by atoms with E-state index in [2.05, 4.69) is 5.32 Å². The maximum Gasteiger partial charge on any atom is 0.279 e. The molecule has 0 aromatic heterocycles. The van der Waals surface area contributed by atoms with E-state index in [-0.39, 0.29) is 17.5 Å². The van der Waals surface area contributed by atoms with E-state index in [1.165, 1.54) is 12.1 Å². The number of benzene rings is 1. The summed E-state index contributed by atoms with van der Waals surface area (Å²) >= 11 is 0. The highest BCUT2D eigenvalue weighted by atomic mass is 19.1. The van der Waals surface area contributed by atoms with Crippen molar-refractivity contribution < 1.29 is 23.8 Å². The Morgan fingerprint density at radius 3 is 2.24 bits per heavy atom. The standard InChI is InChI=1S/C14H19FN4O2/c15-11-3-1-2-4-12(11)17-14(21)10-19-7-5-18(6-8-19)9-13(16)20/h1-4H,5-10H2,(H2,16,20)(H,17,21)/p+2. The van der Waals surface area contributed by atoms with Gasteiger partial charge in [0, 0.05) is 0 Å². The minimum atomic E-state index is -0.434. The first kappa shape index (κ1) is 15.4. The highest BCUT2D eigenvalue weighted by molar-refractivity contribution is 5.91. The summed E-state index contributed by atoms with van der Waals surface area (Å²) in [6.07, 6.45) is 0. The molecule has 0 saturated carbocycles. The third-order valence-electron chi connectivity index (χ3n) is 3.65. The van der Waals surface area contributed by atoms with Gasteiger partial charge in [-0.15, -0.1) is 0 Å². The highest BCUT2D eigenvalue weighted by Crippen LogP contribution is 2.11. The van der Waals surface area contributed by atoms with Gasteiger partial charge in [0.2, 0.25) is 0 Å². The van der Waals surface area contributed by atoms with E-state index in [9.17, 15) is 14.0 Å². The molecule has 0 unspecified atom stereocenters. The fourth-order valence-electron chi connectivity index (χ4n) is 2.54. The van der Waals surface area contributed by atoms with Gasteiger partial charge >= 0.3 is 0 Å². The molecule has 1 heterocycles. The van der Waals surface area contributed by atoms with Gasteiger partial charge in [0.15, 0.2) is 13.1 Å². The van der Waals surface area contributed by atoms with Crippen LogP contribution in [0.3, 0.4) is 0 Å². The van der Waals surface area contributed by atoms with Gasteiger partial charge in [-0.3, -0.25) is 9.59 Å². The number of nitrogens with two attached hydrogens (primary N) is 1. The quantitative estimate of drug-likeness (QED) is 0.468. The molecule has 1 aromatic rings. The van der Waals surface area contributed by atoms with Crippen molar-refractivity contribution >= 4 is 17.5 Å². The number of amides is 2. The van der Waals surface area contributed by atoms with Gasteiger partial charge in [-0.1, -0.05) is 12.1 Å². The predicted molar refractivity (Wildman–Crippen MR) is 75.4 cm³/mol. The Morgan fingerprint density at radius 1 is 1.10 bits per heavy atom. The zero-order valence-corrected chi connectivity index (χ0v) is 11.8. The Labute approximate surface area is 122 Å². The minimum Gasteiger partial charge on any atom is -0.365 e. The molecule has 0 radical (unpaired) electrons. The van der Waals surface area contributed by atoms with E-state index >= 15 is 0 Å². The summed E-state index contributed by atoms with van der Waals surface area (Å²) < 4.78 is 13.4. The summed E-state index contributed by atoms with van der Waals surface area (Å²) in [6.45, 7) is 3.87. The van der Waals surface area contributed by atoms with Crippen LogP contribution < -0.4 is 20.9 Å². The lowest BCUT2D eigenvalue weighted by Crippen LogP contribution is -3.28. The van der Waals surface area contributed by atoms with E-state index in [0.29, 0.717) is 13.1 Å². The summed E-state index contributed by atoms with van der Waals surface area (Å²) in [5.74, 6) is -0.934. The van der Waals surface area contributed by atoms with Gasteiger partial charge in [0.1, 0.15) is 32.0 Å². The zero-order chi connectivity index (χ0) is 15.2. The first-order valence-corrected chi connectivity index (χ1v) is 7.04. The molecule has 6 nitrogen and oxygen atoms in total. The van der Waals surface area contributed by atoms with Gasteiger partial charge in [-0.05, 0) is 12.1 Å². The average Bonchev–Trinajstić information content (AvgIpc) is 2.43. The van der Waals surface area contributed by atoms with Crippen molar-refractivity contribution in [3.63, 3.8) is 0 Å². The van der Waals surface area contributed by atoms with E-state index < -0.39 is 5.82 Å². The molecule has 1 saturated heterocycles. The predicted octanol–water partition coefficient (Wildman–Crippen LogP) is -2.97. The third kappa shape index (κ3) is 4.80. The summed E-state index contributed by atoms with van der Waals surface area (Å²) in [4.78, 5) is 25.1. The number of nitrogens with one attached hydrogen (secondary N) is 3. The van der Waals surface area contributed by atoms with Gasteiger partial charge in [-0.2, -0.15) is 0 Å². The van der Waals surface area contributed by atoms with Crippen LogP contribution >= 0.6 is 0 Å². The molecule has 5 N–H and O–H groups in total. The lowest BCUT2D eigenvalue weighted by atomic mass is 10.3. The number of carbonyl (C=O) groups excluding carboxylic acids is 2. The topological polar surface area (TPSA) is 81.1 Å². The molecule has 114 valence electrons. The summed E-state index contributed by atoms with van der Waals surface area (Å²) in [5.41, 5.74) is 5.38. The van der Waals surface area contributed by atoms with Crippen molar-refractivity contribution in [1.29, 1.82) is 0 Å². The molecule has 7 heteroatoms. The Bertz CT molecular complexity index is 515. The number of anilines is 1. The maximum absolute atomic E-state index is 13.4. The molecular weight excluding hydrogens is 275 g/mol. The second kappa shape index (κ2) is 7.14. The fourth-order valence-corrected chi connectivity index (χ4v) is 2.54. The van der Waals surface area contributed by atoms with Gasteiger partial charge < -0.3 is 20.9 Å². The fraction of sp³-hybridized carbons (Fsp3) is 0.429. The van der Waals surface area contributed by atoms with Crippen LogP contribution in [0.5, 0.6) is 0 Å². The normalized spacial score (nSPS) is 21.8. The molecule has 0 spiro atoms. The molecule has 1 aliphatic heterocycles. The van der Waals surface area contributed by atoms with Gasteiger partial charge in [0.25, 0.3) is 11.8 Å². The molecular formula is C14H21FN4O2+2. The number of hydrogen-bond acceptors (Lipinski definition) is 2. The van der Waals surface area contributed by atoms with E-state index in [1.54, 1.807) is 12.1 Å². The van der Waals surface area contributed by atoms with Gasteiger partial charge in [0.05, 0.1) is 5.69 Å². The number of para-hydroxylation sites is 1. The van der Waals surface area contributed by atoms with Crippen LogP contribution in [-0.2, 0) is 9.59 Å². The number of quaternary nitrogens is 2. The van der Waals surface area contributed by atoms with Crippen molar-refractivity contribution in [3.8, 4) is 0 Å². The van der Waals surface area contributed by atoms with Crippen LogP contribution in [0.1, 0.15) is 0 Å². The first-order valence-electron chi connectivity index (χ1n) is 7.04. The summed E-state index contributed by atoms with van der Waals surface area (Å²) in [6, 6.07) is 6.11. The Morgan fingerprint density at radius 2 is 1.67 bits per heavy atom. The number of carbonyl (C=O) groups is 2. The number of hydrogen-bond donors (Lipinski definition) is 4. The van der Waals surface area contributed by atoms with Crippen LogP contribution in [0.2, 0.25) is 0 Å². The Balaban J connectivity index is 1.77. The second-order valence-corrected chi connectivity index (χ2v) is 5.35. The van der Waals surface area contributed by atoms with Crippen LogP contribution in [0.15, 0.2) is 24.3 Å². The number of halogens is 1.